The van der Waals surface area contributed by atoms with Crippen molar-refractivity contribution in [2.45, 2.75) is 32.7 Å². The van der Waals surface area contributed by atoms with E-state index >= 15 is 0 Å². The van der Waals surface area contributed by atoms with Crippen molar-refractivity contribution in [3.63, 3.8) is 0 Å². The topological polar surface area (TPSA) is 105 Å². The molecule has 164 valence electrons. The monoisotopic (exact) mass is 431 g/mol. The summed E-state index contributed by atoms with van der Waals surface area (Å²) in [6.45, 7) is 7.29. The normalized spacial score (nSPS) is 18.9. The summed E-state index contributed by atoms with van der Waals surface area (Å²) in [6.07, 6.45) is 7.60. The first-order valence-corrected chi connectivity index (χ1v) is 10.5. The minimum atomic E-state index is -0.913. The zero-order valence-corrected chi connectivity index (χ0v) is 18.3. The van der Waals surface area contributed by atoms with Crippen LogP contribution in [0.5, 0.6) is 17.4 Å². The van der Waals surface area contributed by atoms with Gasteiger partial charge in [-0.2, -0.15) is 0 Å². The summed E-state index contributed by atoms with van der Waals surface area (Å²) in [4.78, 5) is 17.5. The van der Waals surface area contributed by atoms with Crippen molar-refractivity contribution in [3.05, 3.63) is 60.3 Å². The van der Waals surface area contributed by atoms with Gasteiger partial charge in [-0.3, -0.25) is 0 Å². The minimum absolute atomic E-state index is 0.127. The number of fused-ring (bicyclic) bond motifs is 4. The molecule has 8 heteroatoms. The van der Waals surface area contributed by atoms with Crippen LogP contribution in [-0.2, 0) is 10.3 Å². The number of pyridine rings is 1. The van der Waals surface area contributed by atoms with Gasteiger partial charge < -0.3 is 19.9 Å². The van der Waals surface area contributed by atoms with E-state index in [1.807, 2.05) is 24.3 Å². The molecule has 2 N–H and O–H groups in total. The Hall–Kier alpha value is -3.68. The third kappa shape index (κ3) is 3.51. The van der Waals surface area contributed by atoms with E-state index in [0.29, 0.717) is 24.0 Å². The van der Waals surface area contributed by atoms with Crippen molar-refractivity contribution >= 4 is 6.02 Å². The molecule has 0 bridgehead atoms. The lowest BCUT2D eigenvalue weighted by Gasteiger charge is -2.34. The van der Waals surface area contributed by atoms with Crippen molar-refractivity contribution in [2.75, 3.05) is 13.2 Å². The number of amidine groups is 1. The average molecular weight is 431 g/mol. The Labute approximate surface area is 186 Å². The molecule has 1 atom stereocenters. The van der Waals surface area contributed by atoms with Gasteiger partial charge in [-0.15, -0.1) is 0 Å². The Morgan fingerprint density at radius 1 is 1.09 bits per heavy atom. The molecule has 2 aromatic heterocycles. The first kappa shape index (κ1) is 20.2. The highest BCUT2D eigenvalue weighted by Crippen LogP contribution is 2.54. The van der Waals surface area contributed by atoms with Crippen LogP contribution in [0.1, 0.15) is 38.3 Å². The standard InChI is InChI=1S/C24H25N5O3/c1-23(2,3)7-9-30-21-20-19(6-8-28-21)32-18-5-4-15(16-11-26-14-27-12-16)10-17(18)24(20)13-31-22(25)29-24/h4-6,8,10-12,14H,7,9,13H2,1-3H3,(H2,25,29). The van der Waals surface area contributed by atoms with Gasteiger partial charge in [-0.1, -0.05) is 26.8 Å². The predicted octanol–water partition coefficient (Wildman–Crippen LogP) is 4.05. The van der Waals surface area contributed by atoms with Crippen LogP contribution < -0.4 is 15.2 Å². The Bertz CT molecular complexity index is 1190. The first-order valence-electron chi connectivity index (χ1n) is 10.5. The lowest BCUT2D eigenvalue weighted by atomic mass is 9.81. The van der Waals surface area contributed by atoms with Gasteiger partial charge in [0.2, 0.25) is 5.88 Å². The van der Waals surface area contributed by atoms with Crippen LogP contribution in [0.2, 0.25) is 0 Å². The third-order valence-electron chi connectivity index (χ3n) is 5.65. The van der Waals surface area contributed by atoms with Gasteiger partial charge in [0.15, 0.2) is 5.54 Å². The fourth-order valence-electron chi connectivity index (χ4n) is 3.98. The second-order valence-electron chi connectivity index (χ2n) is 9.19. The smallest absolute Gasteiger partial charge is 0.283 e. The van der Waals surface area contributed by atoms with E-state index in [0.717, 1.165) is 28.7 Å². The van der Waals surface area contributed by atoms with Gasteiger partial charge in [0, 0.05) is 29.7 Å². The molecule has 1 unspecified atom stereocenters. The zero-order chi connectivity index (χ0) is 22.3. The van der Waals surface area contributed by atoms with Crippen LogP contribution >= 0.6 is 0 Å². The van der Waals surface area contributed by atoms with Crippen LogP contribution in [0.25, 0.3) is 11.1 Å². The summed E-state index contributed by atoms with van der Waals surface area (Å²) in [5, 5.41) is 0. The van der Waals surface area contributed by atoms with Gasteiger partial charge in [0.25, 0.3) is 6.02 Å². The molecular weight excluding hydrogens is 406 g/mol. The zero-order valence-electron chi connectivity index (χ0n) is 18.3. The number of ether oxygens (including phenoxy) is 3. The molecule has 5 rings (SSSR count). The SMILES string of the molecule is CC(C)(C)CCOc1nccc2c1C1(COC(N)=N1)c1cc(-c3cncnc3)ccc1O2. The molecule has 2 aliphatic heterocycles. The van der Waals surface area contributed by atoms with E-state index < -0.39 is 5.54 Å². The number of hydrogen-bond donors (Lipinski definition) is 1. The number of nitrogens with two attached hydrogens (primary N) is 1. The Morgan fingerprint density at radius 2 is 1.91 bits per heavy atom. The minimum Gasteiger partial charge on any atom is -0.477 e. The van der Waals surface area contributed by atoms with E-state index in [9.17, 15) is 0 Å². The van der Waals surface area contributed by atoms with Crippen molar-refractivity contribution in [3.8, 4) is 28.5 Å². The van der Waals surface area contributed by atoms with Gasteiger partial charge in [0.05, 0.1) is 12.2 Å². The number of nitrogens with zero attached hydrogens (tertiary/aromatic N) is 4. The molecule has 8 nitrogen and oxygen atoms in total. The molecule has 0 radical (unpaired) electrons. The van der Waals surface area contributed by atoms with E-state index in [1.54, 1.807) is 18.6 Å². The number of rotatable bonds is 4. The quantitative estimate of drug-likeness (QED) is 0.664. The second-order valence-corrected chi connectivity index (χ2v) is 9.19. The van der Waals surface area contributed by atoms with Crippen molar-refractivity contribution in [1.29, 1.82) is 0 Å². The highest BCUT2D eigenvalue weighted by molar-refractivity contribution is 5.78. The van der Waals surface area contributed by atoms with Gasteiger partial charge >= 0.3 is 0 Å². The summed E-state index contributed by atoms with van der Waals surface area (Å²) in [6, 6.07) is 7.86. The molecule has 0 fully saturated rings. The molecule has 3 aromatic rings. The fraction of sp³-hybridized carbons (Fsp3) is 0.333. The van der Waals surface area contributed by atoms with Gasteiger partial charge in [-0.05, 0) is 35.6 Å². The van der Waals surface area contributed by atoms with E-state index in [-0.39, 0.29) is 18.0 Å². The van der Waals surface area contributed by atoms with Crippen molar-refractivity contribution < 1.29 is 14.2 Å². The third-order valence-corrected chi connectivity index (χ3v) is 5.65. The molecule has 0 saturated heterocycles. The largest absolute Gasteiger partial charge is 0.477 e. The molecule has 32 heavy (non-hydrogen) atoms. The highest BCUT2D eigenvalue weighted by atomic mass is 16.5. The summed E-state index contributed by atoms with van der Waals surface area (Å²) in [7, 11) is 0. The molecule has 0 amide bonds. The number of benzene rings is 1. The van der Waals surface area contributed by atoms with Gasteiger partial charge in [0.1, 0.15) is 24.4 Å². The van der Waals surface area contributed by atoms with E-state index in [4.69, 9.17) is 24.9 Å². The van der Waals surface area contributed by atoms with Crippen LogP contribution in [0.4, 0.5) is 0 Å². The van der Waals surface area contributed by atoms with Crippen molar-refractivity contribution in [1.82, 2.24) is 15.0 Å². The van der Waals surface area contributed by atoms with Crippen LogP contribution in [0, 0.1) is 5.41 Å². The van der Waals surface area contributed by atoms with E-state index in [2.05, 4.69) is 35.7 Å². The Kier molecular flexibility index (Phi) is 4.73. The number of hydrogen-bond acceptors (Lipinski definition) is 8. The summed E-state index contributed by atoms with van der Waals surface area (Å²) < 4.78 is 18.1. The second kappa shape index (κ2) is 7.47. The van der Waals surface area contributed by atoms with Crippen LogP contribution in [0.15, 0.2) is 54.2 Å². The highest BCUT2D eigenvalue weighted by Gasteiger charge is 2.49. The maximum atomic E-state index is 6.26. The molecule has 0 saturated carbocycles. The Morgan fingerprint density at radius 3 is 2.62 bits per heavy atom. The lowest BCUT2D eigenvalue weighted by Crippen LogP contribution is -2.32. The number of aromatic nitrogens is 3. The lowest BCUT2D eigenvalue weighted by molar-refractivity contribution is 0.220. The molecule has 0 aliphatic carbocycles. The predicted molar refractivity (Wildman–Crippen MR) is 120 cm³/mol. The van der Waals surface area contributed by atoms with Crippen LogP contribution in [0.3, 0.4) is 0 Å². The molecule has 1 spiro atoms. The van der Waals surface area contributed by atoms with Crippen molar-refractivity contribution in [2.24, 2.45) is 16.1 Å². The average Bonchev–Trinajstić information content (AvgIpc) is 3.15. The Balaban J connectivity index is 1.63. The molecule has 1 aromatic carbocycles. The van der Waals surface area contributed by atoms with Crippen LogP contribution in [-0.4, -0.2) is 34.2 Å². The number of aliphatic imine (C=N–C) groups is 1. The maximum absolute atomic E-state index is 6.26. The fourth-order valence-corrected chi connectivity index (χ4v) is 3.98. The summed E-state index contributed by atoms with van der Waals surface area (Å²) >= 11 is 0. The molecule has 4 heterocycles. The van der Waals surface area contributed by atoms with Gasteiger partial charge in [-0.25, -0.2) is 19.9 Å². The summed E-state index contributed by atoms with van der Waals surface area (Å²) in [5.74, 6) is 1.80. The maximum Gasteiger partial charge on any atom is 0.283 e. The first-order chi connectivity index (χ1) is 15.4. The summed E-state index contributed by atoms with van der Waals surface area (Å²) in [5.41, 5.74) is 8.63. The molecule has 2 aliphatic rings. The van der Waals surface area contributed by atoms with E-state index in [1.165, 1.54) is 6.33 Å². The molecular formula is C24H25N5O3.